The van der Waals surface area contributed by atoms with Gasteiger partial charge in [-0.05, 0) is 26.8 Å². The summed E-state index contributed by atoms with van der Waals surface area (Å²) < 4.78 is 7.82. The fourth-order valence-corrected chi connectivity index (χ4v) is 3.60. The standard InChI is InChI=1S/C21H29N7O6/c1-4-34-21(33)26-11-9-25(10-12-26)20(32)15(3)28-13-16(14(2)24-28)23-19(31)17-5-7-22-27(17)8-6-18(29)30/h5,7,13,15H,4,6,8-12H2,1-3H3,(H,23,31)(H,29,30). The van der Waals surface area contributed by atoms with Crippen molar-refractivity contribution in [2.45, 2.75) is 39.8 Å². The molecule has 0 bridgehead atoms. The topological polar surface area (TPSA) is 152 Å². The summed E-state index contributed by atoms with van der Waals surface area (Å²) in [6.07, 6.45) is 2.47. The molecule has 3 amide bonds. The normalized spacial score (nSPS) is 14.6. The Morgan fingerprint density at radius 2 is 1.85 bits per heavy atom. The average molecular weight is 476 g/mol. The first-order valence-corrected chi connectivity index (χ1v) is 11.0. The van der Waals surface area contributed by atoms with Crippen LogP contribution in [0.2, 0.25) is 0 Å². The molecule has 1 unspecified atom stereocenters. The van der Waals surface area contributed by atoms with Crippen molar-refractivity contribution in [2.75, 3.05) is 38.1 Å². The lowest BCUT2D eigenvalue weighted by Gasteiger charge is -2.35. The number of carboxylic acids is 1. The van der Waals surface area contributed by atoms with Crippen LogP contribution in [0.1, 0.15) is 42.5 Å². The Morgan fingerprint density at radius 3 is 2.50 bits per heavy atom. The minimum atomic E-state index is -0.986. The molecule has 184 valence electrons. The lowest BCUT2D eigenvalue weighted by atomic mass is 10.2. The second-order valence-corrected chi connectivity index (χ2v) is 7.83. The number of hydrogen-bond donors (Lipinski definition) is 2. The number of carbonyl (C=O) groups excluding carboxylic acids is 3. The summed E-state index contributed by atoms with van der Waals surface area (Å²) in [4.78, 5) is 51.6. The molecule has 13 heteroatoms. The molecule has 2 N–H and O–H groups in total. The summed E-state index contributed by atoms with van der Waals surface area (Å²) in [5.41, 5.74) is 1.18. The summed E-state index contributed by atoms with van der Waals surface area (Å²) in [6.45, 7) is 7.13. The third-order valence-corrected chi connectivity index (χ3v) is 5.52. The van der Waals surface area contributed by atoms with Crippen LogP contribution in [0.5, 0.6) is 0 Å². The molecule has 3 heterocycles. The van der Waals surface area contributed by atoms with Crippen LogP contribution in [0.4, 0.5) is 10.5 Å². The Morgan fingerprint density at radius 1 is 1.18 bits per heavy atom. The molecule has 3 rings (SSSR count). The highest BCUT2D eigenvalue weighted by Gasteiger charge is 2.29. The van der Waals surface area contributed by atoms with Gasteiger partial charge in [0.2, 0.25) is 5.91 Å². The summed E-state index contributed by atoms with van der Waals surface area (Å²) in [5.74, 6) is -1.59. The van der Waals surface area contributed by atoms with Gasteiger partial charge in [-0.1, -0.05) is 0 Å². The molecular formula is C21H29N7O6. The van der Waals surface area contributed by atoms with Crippen LogP contribution in [-0.2, 0) is 20.9 Å². The van der Waals surface area contributed by atoms with Crippen molar-refractivity contribution < 1.29 is 29.0 Å². The SMILES string of the molecule is CCOC(=O)N1CCN(C(=O)C(C)n2cc(NC(=O)c3ccnn3CCC(=O)O)c(C)n2)CC1. The Bertz CT molecular complexity index is 1050. The summed E-state index contributed by atoms with van der Waals surface area (Å²) in [5, 5.41) is 20.0. The highest BCUT2D eigenvalue weighted by Crippen LogP contribution is 2.19. The van der Waals surface area contributed by atoms with Gasteiger partial charge in [0.05, 0.1) is 31.0 Å². The minimum absolute atomic E-state index is 0.0678. The zero-order valence-corrected chi connectivity index (χ0v) is 19.4. The van der Waals surface area contributed by atoms with E-state index in [1.165, 1.54) is 21.6 Å². The van der Waals surface area contributed by atoms with E-state index in [2.05, 4.69) is 15.5 Å². The first-order chi connectivity index (χ1) is 16.2. The van der Waals surface area contributed by atoms with Gasteiger partial charge in [-0.2, -0.15) is 10.2 Å². The number of ether oxygens (including phenoxy) is 1. The second kappa shape index (κ2) is 10.8. The van der Waals surface area contributed by atoms with Crippen molar-refractivity contribution in [2.24, 2.45) is 0 Å². The van der Waals surface area contributed by atoms with Gasteiger partial charge in [-0.25, -0.2) is 4.79 Å². The Kier molecular flexibility index (Phi) is 7.87. The van der Waals surface area contributed by atoms with Gasteiger partial charge in [0.15, 0.2) is 0 Å². The Labute approximate surface area is 196 Å². The van der Waals surface area contributed by atoms with Crippen LogP contribution >= 0.6 is 0 Å². The van der Waals surface area contributed by atoms with E-state index >= 15 is 0 Å². The van der Waals surface area contributed by atoms with E-state index in [1.54, 1.807) is 36.8 Å². The van der Waals surface area contributed by atoms with Crippen molar-refractivity contribution in [1.82, 2.24) is 29.4 Å². The van der Waals surface area contributed by atoms with E-state index in [0.717, 1.165) is 0 Å². The quantitative estimate of drug-likeness (QED) is 0.573. The summed E-state index contributed by atoms with van der Waals surface area (Å²) in [7, 11) is 0. The molecule has 2 aromatic heterocycles. The molecule has 1 aliphatic rings. The molecule has 0 aromatic carbocycles. The molecule has 0 aliphatic carbocycles. The third-order valence-electron chi connectivity index (χ3n) is 5.52. The van der Waals surface area contributed by atoms with E-state index in [-0.39, 0.29) is 30.7 Å². The lowest BCUT2D eigenvalue weighted by Crippen LogP contribution is -2.52. The highest BCUT2D eigenvalue weighted by atomic mass is 16.6. The molecule has 0 saturated carbocycles. The number of carboxylic acid groups (broad SMARTS) is 1. The number of aliphatic carboxylic acids is 1. The zero-order valence-electron chi connectivity index (χ0n) is 19.4. The van der Waals surface area contributed by atoms with Gasteiger partial charge in [-0.3, -0.25) is 23.7 Å². The third kappa shape index (κ3) is 5.71. The molecule has 0 radical (unpaired) electrons. The van der Waals surface area contributed by atoms with Crippen molar-refractivity contribution in [1.29, 1.82) is 0 Å². The predicted octanol–water partition coefficient (Wildman–Crippen LogP) is 0.977. The molecule has 1 aliphatic heterocycles. The van der Waals surface area contributed by atoms with Crippen molar-refractivity contribution in [3.05, 3.63) is 29.8 Å². The smallest absolute Gasteiger partial charge is 0.409 e. The van der Waals surface area contributed by atoms with Gasteiger partial charge in [0, 0.05) is 38.6 Å². The maximum absolute atomic E-state index is 13.0. The van der Waals surface area contributed by atoms with Crippen LogP contribution in [0, 0.1) is 6.92 Å². The number of nitrogens with zero attached hydrogens (tertiary/aromatic N) is 6. The van der Waals surface area contributed by atoms with Crippen LogP contribution in [0.15, 0.2) is 18.5 Å². The zero-order chi connectivity index (χ0) is 24.8. The summed E-state index contributed by atoms with van der Waals surface area (Å²) >= 11 is 0. The number of piperazine rings is 1. The van der Waals surface area contributed by atoms with Gasteiger partial charge in [0.1, 0.15) is 11.7 Å². The molecule has 1 atom stereocenters. The molecule has 34 heavy (non-hydrogen) atoms. The van der Waals surface area contributed by atoms with Crippen LogP contribution < -0.4 is 5.32 Å². The fourth-order valence-electron chi connectivity index (χ4n) is 3.60. The average Bonchev–Trinajstić information content (AvgIpc) is 3.43. The number of carbonyl (C=O) groups is 4. The van der Waals surface area contributed by atoms with Gasteiger partial charge in [0.25, 0.3) is 5.91 Å². The molecule has 13 nitrogen and oxygen atoms in total. The number of amides is 3. The first kappa shape index (κ1) is 24.7. The van der Waals surface area contributed by atoms with E-state index in [1.807, 2.05) is 0 Å². The van der Waals surface area contributed by atoms with Gasteiger partial charge >= 0.3 is 12.1 Å². The molecular weight excluding hydrogens is 446 g/mol. The Hall–Kier alpha value is -3.90. The lowest BCUT2D eigenvalue weighted by molar-refractivity contribution is -0.137. The van der Waals surface area contributed by atoms with Crippen molar-refractivity contribution in [3.63, 3.8) is 0 Å². The van der Waals surface area contributed by atoms with Crippen molar-refractivity contribution in [3.8, 4) is 0 Å². The first-order valence-electron chi connectivity index (χ1n) is 11.0. The number of nitrogens with one attached hydrogen (secondary N) is 1. The van der Waals surface area contributed by atoms with Crippen LogP contribution in [-0.4, -0.2) is 91.1 Å². The number of rotatable bonds is 8. The van der Waals surface area contributed by atoms with E-state index in [0.29, 0.717) is 44.2 Å². The van der Waals surface area contributed by atoms with E-state index in [9.17, 15) is 19.2 Å². The monoisotopic (exact) mass is 475 g/mol. The number of anilines is 1. The van der Waals surface area contributed by atoms with E-state index < -0.39 is 17.9 Å². The summed E-state index contributed by atoms with van der Waals surface area (Å²) in [6, 6.07) is 0.888. The van der Waals surface area contributed by atoms with Crippen LogP contribution in [0.3, 0.4) is 0 Å². The number of hydrogen-bond acceptors (Lipinski definition) is 7. The maximum atomic E-state index is 13.0. The molecule has 1 saturated heterocycles. The number of aromatic nitrogens is 4. The molecule has 1 fully saturated rings. The van der Waals surface area contributed by atoms with Gasteiger partial charge in [-0.15, -0.1) is 0 Å². The van der Waals surface area contributed by atoms with E-state index in [4.69, 9.17) is 9.84 Å². The highest BCUT2D eigenvalue weighted by molar-refractivity contribution is 6.03. The predicted molar refractivity (Wildman–Crippen MR) is 119 cm³/mol. The minimum Gasteiger partial charge on any atom is -0.481 e. The fraction of sp³-hybridized carbons (Fsp3) is 0.524. The van der Waals surface area contributed by atoms with Crippen molar-refractivity contribution >= 4 is 29.6 Å². The van der Waals surface area contributed by atoms with Crippen LogP contribution in [0.25, 0.3) is 0 Å². The largest absolute Gasteiger partial charge is 0.481 e. The molecule has 0 spiro atoms. The van der Waals surface area contributed by atoms with Gasteiger partial charge < -0.3 is 25.0 Å². The molecule has 2 aromatic rings. The second-order valence-electron chi connectivity index (χ2n) is 7.83. The number of aryl methyl sites for hydroxylation is 2. The Balaban J connectivity index is 1.62. The maximum Gasteiger partial charge on any atom is 0.409 e.